The molecule has 0 fully saturated rings. The van der Waals surface area contributed by atoms with E-state index < -0.39 is 0 Å². The van der Waals surface area contributed by atoms with Gasteiger partial charge in [0, 0.05) is 28.9 Å². The maximum Gasteiger partial charge on any atom is 0.121 e. The number of ether oxygens (including phenoxy) is 1. The summed E-state index contributed by atoms with van der Waals surface area (Å²) in [6.07, 6.45) is 2.11. The molecule has 0 aliphatic heterocycles. The highest BCUT2D eigenvalue weighted by Crippen LogP contribution is 2.20. The van der Waals surface area contributed by atoms with E-state index in [9.17, 15) is 0 Å². The molecule has 0 radical (unpaired) electrons. The Hall–Kier alpha value is -2.42. The number of nitrogen functional groups attached to an aromatic ring is 1. The number of hydrogen-bond acceptors (Lipinski definition) is 2. The number of nitrogens with zero attached hydrogens (tertiary/aromatic N) is 1. The minimum Gasteiger partial charge on any atom is -0.492 e. The van der Waals surface area contributed by atoms with Gasteiger partial charge in [-0.1, -0.05) is 18.2 Å². The SMILES string of the molecule is Cc1cccc2c1ccn2CCOc1cccc(N)c1. The number of aryl methyl sites for hydroxylation is 1. The normalized spacial score (nSPS) is 10.8. The van der Waals surface area contributed by atoms with Crippen LogP contribution < -0.4 is 10.5 Å². The number of anilines is 1. The van der Waals surface area contributed by atoms with Gasteiger partial charge < -0.3 is 15.0 Å². The van der Waals surface area contributed by atoms with Gasteiger partial charge in [0.1, 0.15) is 12.4 Å². The van der Waals surface area contributed by atoms with Crippen LogP contribution in [-0.2, 0) is 6.54 Å². The summed E-state index contributed by atoms with van der Waals surface area (Å²) in [4.78, 5) is 0. The van der Waals surface area contributed by atoms with Crippen LogP contribution in [0.2, 0.25) is 0 Å². The van der Waals surface area contributed by atoms with Crippen LogP contribution in [0.25, 0.3) is 10.9 Å². The second-order valence-corrected chi connectivity index (χ2v) is 4.94. The molecule has 0 saturated carbocycles. The number of nitrogens with two attached hydrogens (primary N) is 1. The van der Waals surface area contributed by atoms with Crippen molar-refractivity contribution >= 4 is 16.6 Å². The van der Waals surface area contributed by atoms with Gasteiger partial charge in [-0.2, -0.15) is 0 Å². The lowest BCUT2D eigenvalue weighted by Gasteiger charge is -2.09. The molecule has 0 aliphatic rings. The van der Waals surface area contributed by atoms with Crippen molar-refractivity contribution in [2.24, 2.45) is 0 Å². The zero-order valence-electron chi connectivity index (χ0n) is 11.5. The highest BCUT2D eigenvalue weighted by molar-refractivity contribution is 5.83. The van der Waals surface area contributed by atoms with Crippen molar-refractivity contribution in [1.82, 2.24) is 4.57 Å². The first-order valence-corrected chi connectivity index (χ1v) is 6.77. The van der Waals surface area contributed by atoms with Crippen molar-refractivity contribution < 1.29 is 4.74 Å². The van der Waals surface area contributed by atoms with E-state index >= 15 is 0 Å². The molecule has 0 atom stereocenters. The van der Waals surface area contributed by atoms with E-state index in [1.807, 2.05) is 24.3 Å². The Morgan fingerprint density at radius 2 is 1.95 bits per heavy atom. The summed E-state index contributed by atoms with van der Waals surface area (Å²) < 4.78 is 7.96. The van der Waals surface area contributed by atoms with E-state index in [1.54, 1.807) is 0 Å². The van der Waals surface area contributed by atoms with Crippen LogP contribution >= 0.6 is 0 Å². The average molecular weight is 266 g/mol. The summed E-state index contributed by atoms with van der Waals surface area (Å²) in [6.45, 7) is 3.58. The molecule has 2 N–H and O–H groups in total. The smallest absolute Gasteiger partial charge is 0.121 e. The molecule has 3 aromatic rings. The van der Waals surface area contributed by atoms with Gasteiger partial charge in [0.2, 0.25) is 0 Å². The molecule has 0 amide bonds. The molecule has 3 heteroatoms. The van der Waals surface area contributed by atoms with Crippen LogP contribution in [0.4, 0.5) is 5.69 Å². The molecule has 20 heavy (non-hydrogen) atoms. The molecular weight excluding hydrogens is 248 g/mol. The molecule has 0 unspecified atom stereocenters. The summed E-state index contributed by atoms with van der Waals surface area (Å²) in [6, 6.07) is 16.1. The van der Waals surface area contributed by atoms with Crippen molar-refractivity contribution in [2.75, 3.05) is 12.3 Å². The second-order valence-electron chi connectivity index (χ2n) is 4.94. The van der Waals surface area contributed by atoms with Crippen molar-refractivity contribution in [3.05, 3.63) is 60.3 Å². The third-order valence-electron chi connectivity index (χ3n) is 3.49. The minimum absolute atomic E-state index is 0.626. The van der Waals surface area contributed by atoms with Crippen LogP contribution in [0.1, 0.15) is 5.56 Å². The van der Waals surface area contributed by atoms with Gasteiger partial charge in [0.25, 0.3) is 0 Å². The summed E-state index contributed by atoms with van der Waals surface area (Å²) >= 11 is 0. The van der Waals surface area contributed by atoms with E-state index in [2.05, 4.69) is 42.0 Å². The molecule has 0 aliphatic carbocycles. The van der Waals surface area contributed by atoms with E-state index in [4.69, 9.17) is 10.5 Å². The Morgan fingerprint density at radius 3 is 2.80 bits per heavy atom. The third kappa shape index (κ3) is 2.48. The molecule has 0 saturated heterocycles. The quantitative estimate of drug-likeness (QED) is 0.733. The molecule has 0 bridgehead atoms. The summed E-state index contributed by atoms with van der Waals surface area (Å²) in [5.74, 6) is 0.817. The Labute approximate surface area is 118 Å². The first kappa shape index (κ1) is 12.6. The highest BCUT2D eigenvalue weighted by atomic mass is 16.5. The summed E-state index contributed by atoms with van der Waals surface area (Å²) in [5, 5.41) is 1.30. The van der Waals surface area contributed by atoms with Gasteiger partial charge in [-0.25, -0.2) is 0 Å². The number of hydrogen-bond donors (Lipinski definition) is 1. The van der Waals surface area contributed by atoms with Crippen molar-refractivity contribution in [2.45, 2.75) is 13.5 Å². The standard InChI is InChI=1S/C17H18N2O/c1-13-4-2-7-17-16(13)8-9-19(17)10-11-20-15-6-3-5-14(18)12-15/h2-9,12H,10-11,18H2,1H3. The number of rotatable bonds is 4. The lowest BCUT2D eigenvalue weighted by Crippen LogP contribution is -2.07. The molecule has 102 valence electrons. The molecule has 1 heterocycles. The fraction of sp³-hybridized carbons (Fsp3) is 0.176. The van der Waals surface area contributed by atoms with E-state index in [1.165, 1.54) is 16.5 Å². The van der Waals surface area contributed by atoms with E-state index in [0.29, 0.717) is 6.61 Å². The number of aromatic nitrogens is 1. The molecule has 3 rings (SSSR count). The predicted molar refractivity (Wildman–Crippen MR) is 83.0 cm³/mol. The van der Waals surface area contributed by atoms with Gasteiger partial charge in [0.15, 0.2) is 0 Å². The van der Waals surface area contributed by atoms with E-state index in [0.717, 1.165) is 18.0 Å². The minimum atomic E-state index is 0.626. The van der Waals surface area contributed by atoms with Crippen LogP contribution in [0.3, 0.4) is 0 Å². The van der Waals surface area contributed by atoms with Gasteiger partial charge in [0.05, 0.1) is 6.54 Å². The Morgan fingerprint density at radius 1 is 1.10 bits per heavy atom. The zero-order chi connectivity index (χ0) is 13.9. The number of fused-ring (bicyclic) bond motifs is 1. The Balaban J connectivity index is 1.70. The fourth-order valence-corrected chi connectivity index (χ4v) is 2.44. The van der Waals surface area contributed by atoms with Crippen molar-refractivity contribution in [3.63, 3.8) is 0 Å². The fourth-order valence-electron chi connectivity index (χ4n) is 2.44. The maximum atomic E-state index is 5.74. The Kier molecular flexibility index (Phi) is 3.33. The summed E-state index contributed by atoms with van der Waals surface area (Å²) in [7, 11) is 0. The maximum absolute atomic E-state index is 5.74. The average Bonchev–Trinajstić information content (AvgIpc) is 2.84. The van der Waals surface area contributed by atoms with Gasteiger partial charge in [-0.3, -0.25) is 0 Å². The van der Waals surface area contributed by atoms with Crippen LogP contribution in [-0.4, -0.2) is 11.2 Å². The molecule has 0 spiro atoms. The van der Waals surface area contributed by atoms with Gasteiger partial charge in [-0.15, -0.1) is 0 Å². The lowest BCUT2D eigenvalue weighted by atomic mass is 10.1. The largest absolute Gasteiger partial charge is 0.492 e. The Bertz CT molecular complexity index is 731. The highest BCUT2D eigenvalue weighted by Gasteiger charge is 2.03. The molecular formula is C17H18N2O. The third-order valence-corrected chi connectivity index (χ3v) is 3.49. The predicted octanol–water partition coefficient (Wildman–Crippen LogP) is 3.61. The second kappa shape index (κ2) is 5.29. The molecule has 3 nitrogen and oxygen atoms in total. The molecule has 2 aromatic carbocycles. The monoisotopic (exact) mass is 266 g/mol. The van der Waals surface area contributed by atoms with Crippen LogP contribution in [0, 0.1) is 6.92 Å². The van der Waals surface area contributed by atoms with E-state index in [-0.39, 0.29) is 0 Å². The van der Waals surface area contributed by atoms with Crippen molar-refractivity contribution in [1.29, 1.82) is 0 Å². The zero-order valence-corrected chi connectivity index (χ0v) is 11.5. The van der Waals surface area contributed by atoms with Crippen LogP contribution in [0.5, 0.6) is 5.75 Å². The van der Waals surface area contributed by atoms with Crippen molar-refractivity contribution in [3.8, 4) is 5.75 Å². The van der Waals surface area contributed by atoms with Crippen LogP contribution in [0.15, 0.2) is 54.7 Å². The first-order chi connectivity index (χ1) is 9.74. The first-order valence-electron chi connectivity index (χ1n) is 6.77. The van der Waals surface area contributed by atoms with Gasteiger partial charge in [-0.05, 0) is 36.8 Å². The molecule has 1 aromatic heterocycles. The number of benzene rings is 2. The topological polar surface area (TPSA) is 40.2 Å². The lowest BCUT2D eigenvalue weighted by molar-refractivity contribution is 0.300. The summed E-state index contributed by atoms with van der Waals surface area (Å²) in [5.41, 5.74) is 9.01. The van der Waals surface area contributed by atoms with Gasteiger partial charge >= 0.3 is 0 Å².